The Morgan fingerprint density at radius 1 is 1.50 bits per heavy atom. The molecule has 0 aliphatic carbocycles. The maximum atomic E-state index is 9.03. The van der Waals surface area contributed by atoms with Crippen molar-refractivity contribution in [2.24, 2.45) is 0 Å². The minimum Gasteiger partial charge on any atom is -0.393 e. The van der Waals surface area contributed by atoms with Gasteiger partial charge in [-0.1, -0.05) is 6.07 Å². The highest BCUT2D eigenvalue weighted by Crippen LogP contribution is 2.07. The molecule has 0 fully saturated rings. The average Bonchev–Trinajstić information content (AvgIpc) is 2.63. The van der Waals surface area contributed by atoms with E-state index in [2.05, 4.69) is 22.8 Å². The number of thiophene rings is 1. The summed E-state index contributed by atoms with van der Waals surface area (Å²) < 4.78 is 0. The van der Waals surface area contributed by atoms with Crippen molar-refractivity contribution >= 4 is 11.3 Å². The Hall–Kier alpha value is -0.380. The van der Waals surface area contributed by atoms with E-state index in [1.54, 1.807) is 0 Å². The van der Waals surface area contributed by atoms with E-state index in [-0.39, 0.29) is 6.10 Å². The van der Waals surface area contributed by atoms with Gasteiger partial charge in [0, 0.05) is 4.88 Å². The summed E-state index contributed by atoms with van der Waals surface area (Å²) in [7, 11) is 0. The summed E-state index contributed by atoms with van der Waals surface area (Å²) in [6.45, 7) is 3.89. The van der Waals surface area contributed by atoms with Crippen LogP contribution in [0.3, 0.4) is 0 Å². The predicted octanol–water partition coefficient (Wildman–Crippen LogP) is 2.04. The van der Waals surface area contributed by atoms with Gasteiger partial charge in [-0.05, 0) is 50.7 Å². The number of rotatable bonds is 7. The molecule has 0 aromatic carbocycles. The van der Waals surface area contributed by atoms with Gasteiger partial charge >= 0.3 is 0 Å². The van der Waals surface area contributed by atoms with Gasteiger partial charge in [0.1, 0.15) is 0 Å². The highest BCUT2D eigenvalue weighted by molar-refractivity contribution is 7.09. The molecule has 80 valence electrons. The number of nitrogens with one attached hydrogen (secondary N) is 1. The summed E-state index contributed by atoms with van der Waals surface area (Å²) in [6, 6.07) is 4.26. The molecule has 2 N–H and O–H groups in total. The molecule has 1 rings (SSSR count). The first-order valence-electron chi connectivity index (χ1n) is 5.20. The predicted molar refractivity (Wildman–Crippen MR) is 61.8 cm³/mol. The average molecular weight is 213 g/mol. The molecule has 0 aliphatic heterocycles. The Bertz CT molecular complexity index is 221. The molecular weight excluding hydrogens is 194 g/mol. The first-order chi connectivity index (χ1) is 6.79. The van der Waals surface area contributed by atoms with Crippen molar-refractivity contribution in [3.8, 4) is 0 Å². The summed E-state index contributed by atoms with van der Waals surface area (Å²) >= 11 is 1.81. The van der Waals surface area contributed by atoms with E-state index in [0.717, 1.165) is 32.4 Å². The van der Waals surface area contributed by atoms with E-state index in [1.165, 1.54) is 4.88 Å². The van der Waals surface area contributed by atoms with Gasteiger partial charge in [-0.25, -0.2) is 0 Å². The fourth-order valence-corrected chi connectivity index (χ4v) is 2.02. The summed E-state index contributed by atoms with van der Waals surface area (Å²) in [5.74, 6) is 0. The van der Waals surface area contributed by atoms with E-state index in [9.17, 15) is 0 Å². The van der Waals surface area contributed by atoms with Crippen LogP contribution < -0.4 is 5.32 Å². The van der Waals surface area contributed by atoms with Crippen LogP contribution in [0, 0.1) is 0 Å². The number of hydrogen-bond donors (Lipinski definition) is 2. The molecule has 0 radical (unpaired) electrons. The van der Waals surface area contributed by atoms with E-state index >= 15 is 0 Å². The third-order valence-corrected chi connectivity index (χ3v) is 3.04. The lowest BCUT2D eigenvalue weighted by molar-refractivity contribution is 0.181. The third kappa shape index (κ3) is 5.37. The van der Waals surface area contributed by atoms with Gasteiger partial charge in [0.05, 0.1) is 6.10 Å². The normalized spacial score (nSPS) is 13.0. The standard InChI is InChI=1S/C11H19NOS/c1-10(13)4-2-7-12-8-6-11-5-3-9-14-11/h3,5,9-10,12-13H,2,4,6-8H2,1H3. The van der Waals surface area contributed by atoms with Crippen LogP contribution in [0.4, 0.5) is 0 Å². The first-order valence-corrected chi connectivity index (χ1v) is 6.08. The van der Waals surface area contributed by atoms with Crippen molar-refractivity contribution in [2.45, 2.75) is 32.3 Å². The largest absolute Gasteiger partial charge is 0.393 e. The zero-order valence-electron chi connectivity index (χ0n) is 8.70. The van der Waals surface area contributed by atoms with Gasteiger partial charge in [0.15, 0.2) is 0 Å². The molecule has 14 heavy (non-hydrogen) atoms. The molecule has 0 bridgehead atoms. The first kappa shape index (κ1) is 11.7. The molecule has 1 atom stereocenters. The zero-order chi connectivity index (χ0) is 10.2. The smallest absolute Gasteiger partial charge is 0.0512 e. The zero-order valence-corrected chi connectivity index (χ0v) is 9.52. The van der Waals surface area contributed by atoms with E-state index in [0.29, 0.717) is 0 Å². The molecule has 0 saturated carbocycles. The molecule has 1 unspecified atom stereocenters. The molecule has 0 amide bonds. The van der Waals surface area contributed by atoms with E-state index in [1.807, 2.05) is 18.3 Å². The number of aliphatic hydroxyl groups is 1. The molecule has 1 aromatic heterocycles. The highest BCUT2D eigenvalue weighted by atomic mass is 32.1. The molecule has 0 aliphatic rings. The topological polar surface area (TPSA) is 32.3 Å². The molecular formula is C11H19NOS. The summed E-state index contributed by atoms with van der Waals surface area (Å²) in [5, 5.41) is 14.5. The fourth-order valence-electron chi connectivity index (χ4n) is 1.31. The number of hydrogen-bond acceptors (Lipinski definition) is 3. The van der Waals surface area contributed by atoms with Crippen molar-refractivity contribution in [2.75, 3.05) is 13.1 Å². The minimum absolute atomic E-state index is 0.158. The Labute approximate surface area is 90.0 Å². The van der Waals surface area contributed by atoms with Gasteiger partial charge in [0.25, 0.3) is 0 Å². The van der Waals surface area contributed by atoms with Crippen molar-refractivity contribution < 1.29 is 5.11 Å². The highest BCUT2D eigenvalue weighted by Gasteiger charge is 1.95. The second-order valence-corrected chi connectivity index (χ2v) is 4.60. The van der Waals surface area contributed by atoms with E-state index in [4.69, 9.17) is 5.11 Å². The van der Waals surface area contributed by atoms with Gasteiger partial charge in [-0.2, -0.15) is 0 Å². The van der Waals surface area contributed by atoms with Crippen LogP contribution in [0.5, 0.6) is 0 Å². The summed E-state index contributed by atoms with van der Waals surface area (Å²) in [6.07, 6.45) is 2.91. The monoisotopic (exact) mass is 213 g/mol. The van der Waals surface area contributed by atoms with Crippen LogP contribution in [0.15, 0.2) is 17.5 Å². The Morgan fingerprint density at radius 3 is 3.00 bits per heavy atom. The van der Waals surface area contributed by atoms with Gasteiger partial charge in [0.2, 0.25) is 0 Å². The van der Waals surface area contributed by atoms with Crippen molar-refractivity contribution in [3.05, 3.63) is 22.4 Å². The van der Waals surface area contributed by atoms with Gasteiger partial charge in [-0.3, -0.25) is 0 Å². The minimum atomic E-state index is -0.158. The summed E-state index contributed by atoms with van der Waals surface area (Å²) in [5.41, 5.74) is 0. The van der Waals surface area contributed by atoms with Crippen LogP contribution in [0.2, 0.25) is 0 Å². The fraction of sp³-hybridized carbons (Fsp3) is 0.636. The van der Waals surface area contributed by atoms with Crippen molar-refractivity contribution in [3.63, 3.8) is 0 Å². The second-order valence-electron chi connectivity index (χ2n) is 3.57. The van der Waals surface area contributed by atoms with Gasteiger partial charge < -0.3 is 10.4 Å². The third-order valence-electron chi connectivity index (χ3n) is 2.10. The van der Waals surface area contributed by atoms with Crippen LogP contribution in [0.1, 0.15) is 24.6 Å². The summed E-state index contributed by atoms with van der Waals surface area (Å²) in [4.78, 5) is 1.44. The van der Waals surface area contributed by atoms with Crippen LogP contribution in [-0.2, 0) is 6.42 Å². The van der Waals surface area contributed by atoms with E-state index < -0.39 is 0 Å². The Balaban J connectivity index is 1.90. The van der Waals surface area contributed by atoms with Crippen LogP contribution in [0.25, 0.3) is 0 Å². The Kier molecular flexibility index (Phi) is 5.83. The SMILES string of the molecule is CC(O)CCCNCCc1cccs1. The lowest BCUT2D eigenvalue weighted by Gasteiger charge is -2.05. The molecule has 1 aromatic rings. The maximum absolute atomic E-state index is 9.03. The second kappa shape index (κ2) is 6.98. The molecule has 0 saturated heterocycles. The van der Waals surface area contributed by atoms with Gasteiger partial charge in [-0.15, -0.1) is 11.3 Å². The lowest BCUT2D eigenvalue weighted by Crippen LogP contribution is -2.19. The lowest BCUT2D eigenvalue weighted by atomic mass is 10.2. The van der Waals surface area contributed by atoms with Crippen molar-refractivity contribution in [1.29, 1.82) is 0 Å². The number of aliphatic hydroxyl groups excluding tert-OH is 1. The Morgan fingerprint density at radius 2 is 2.36 bits per heavy atom. The molecule has 3 heteroatoms. The van der Waals surface area contributed by atoms with Crippen LogP contribution >= 0.6 is 11.3 Å². The molecule has 2 nitrogen and oxygen atoms in total. The van der Waals surface area contributed by atoms with Crippen molar-refractivity contribution in [1.82, 2.24) is 5.32 Å². The maximum Gasteiger partial charge on any atom is 0.0512 e. The molecule has 0 spiro atoms. The quantitative estimate of drug-likeness (QED) is 0.679. The van der Waals surface area contributed by atoms with Crippen LogP contribution in [-0.4, -0.2) is 24.3 Å². The molecule has 1 heterocycles.